The van der Waals surface area contributed by atoms with Gasteiger partial charge in [0.1, 0.15) is 6.07 Å². The van der Waals surface area contributed by atoms with Crippen molar-refractivity contribution in [1.82, 2.24) is 0 Å². The molecule has 2 rings (SSSR count). The summed E-state index contributed by atoms with van der Waals surface area (Å²) < 4.78 is 0. The Morgan fingerprint density at radius 1 is 1.41 bits per heavy atom. The molecule has 0 spiro atoms. The van der Waals surface area contributed by atoms with E-state index in [2.05, 4.69) is 11.0 Å². The molecule has 1 fully saturated rings. The van der Waals surface area contributed by atoms with E-state index >= 15 is 0 Å². The summed E-state index contributed by atoms with van der Waals surface area (Å²) in [6.45, 7) is 2.01. The van der Waals surface area contributed by atoms with Crippen LogP contribution in [0.3, 0.4) is 0 Å². The first-order valence-electron chi connectivity index (χ1n) is 5.80. The Morgan fingerprint density at radius 2 is 2.12 bits per heavy atom. The highest BCUT2D eigenvalue weighted by Crippen LogP contribution is 2.28. The Hall–Kier alpha value is -1.24. The predicted molar refractivity (Wildman–Crippen MR) is 68.2 cm³/mol. The molecule has 17 heavy (non-hydrogen) atoms. The molecule has 1 aromatic rings. The Morgan fingerprint density at radius 3 is 2.71 bits per heavy atom. The summed E-state index contributed by atoms with van der Waals surface area (Å²) in [5, 5.41) is 18.8. The smallest absolute Gasteiger partial charge is 0.101 e. The Labute approximate surface area is 106 Å². The molecule has 1 saturated heterocycles. The average molecular weight is 251 g/mol. The third kappa shape index (κ3) is 2.71. The number of halogens is 1. The third-order valence-corrected chi connectivity index (χ3v) is 3.53. The van der Waals surface area contributed by atoms with Crippen LogP contribution in [-0.2, 0) is 0 Å². The highest BCUT2D eigenvalue weighted by Gasteiger charge is 2.20. The zero-order valence-electron chi connectivity index (χ0n) is 9.56. The molecule has 4 heteroatoms. The van der Waals surface area contributed by atoms with Gasteiger partial charge in [0.25, 0.3) is 0 Å². The second-order valence-electron chi connectivity index (χ2n) is 4.39. The van der Waals surface area contributed by atoms with Crippen LogP contribution in [-0.4, -0.2) is 24.8 Å². The van der Waals surface area contributed by atoms with E-state index in [1.54, 1.807) is 12.1 Å². The molecule has 1 aliphatic rings. The molecule has 0 saturated carbocycles. The van der Waals surface area contributed by atoms with Gasteiger partial charge in [0.15, 0.2) is 0 Å². The van der Waals surface area contributed by atoms with E-state index in [0.29, 0.717) is 16.5 Å². The molecular formula is C13H15ClN2O. The van der Waals surface area contributed by atoms with Gasteiger partial charge in [-0.25, -0.2) is 0 Å². The first-order valence-corrected chi connectivity index (χ1v) is 6.18. The van der Waals surface area contributed by atoms with Gasteiger partial charge in [0, 0.05) is 24.7 Å². The summed E-state index contributed by atoms with van der Waals surface area (Å²) in [6, 6.07) is 7.54. The van der Waals surface area contributed by atoms with Gasteiger partial charge in [0.05, 0.1) is 11.3 Å². The number of anilines is 1. The van der Waals surface area contributed by atoms with E-state index in [1.165, 1.54) is 0 Å². The van der Waals surface area contributed by atoms with Crippen LogP contribution in [0.2, 0.25) is 5.02 Å². The molecule has 0 atom stereocenters. The molecule has 0 amide bonds. The normalized spacial score (nSPS) is 16.9. The molecule has 90 valence electrons. The van der Waals surface area contributed by atoms with E-state index in [4.69, 9.17) is 22.0 Å². The molecule has 0 unspecified atom stereocenters. The first kappa shape index (κ1) is 12.2. The van der Waals surface area contributed by atoms with E-state index < -0.39 is 0 Å². The monoisotopic (exact) mass is 250 g/mol. The van der Waals surface area contributed by atoms with E-state index in [9.17, 15) is 0 Å². The van der Waals surface area contributed by atoms with Gasteiger partial charge in [-0.3, -0.25) is 0 Å². The minimum Gasteiger partial charge on any atom is -0.396 e. The summed E-state index contributed by atoms with van der Waals surface area (Å²) >= 11 is 5.97. The van der Waals surface area contributed by atoms with Gasteiger partial charge in [-0.1, -0.05) is 11.6 Å². The zero-order chi connectivity index (χ0) is 12.3. The maximum atomic E-state index is 9.10. The van der Waals surface area contributed by atoms with Crippen molar-refractivity contribution in [2.45, 2.75) is 12.8 Å². The van der Waals surface area contributed by atoms with Gasteiger partial charge < -0.3 is 10.0 Å². The topological polar surface area (TPSA) is 47.3 Å². The molecule has 1 aromatic carbocycles. The molecule has 1 N–H and O–H groups in total. The van der Waals surface area contributed by atoms with Crippen molar-refractivity contribution in [2.75, 3.05) is 24.6 Å². The van der Waals surface area contributed by atoms with Crippen molar-refractivity contribution < 1.29 is 5.11 Å². The molecule has 3 nitrogen and oxygen atoms in total. The Balaban J connectivity index is 2.18. The number of hydrogen-bond donors (Lipinski definition) is 1. The number of piperidine rings is 1. The summed E-state index contributed by atoms with van der Waals surface area (Å²) in [5.74, 6) is 0.399. The SMILES string of the molecule is N#Cc1ccc(Cl)cc1N1CCC(CO)CC1. The molecule has 0 aromatic heterocycles. The number of benzene rings is 1. The lowest BCUT2D eigenvalue weighted by atomic mass is 9.97. The fourth-order valence-electron chi connectivity index (χ4n) is 2.22. The number of nitriles is 1. The van der Waals surface area contributed by atoms with Gasteiger partial charge in [-0.05, 0) is 37.0 Å². The van der Waals surface area contributed by atoms with E-state index in [1.807, 2.05) is 6.07 Å². The van der Waals surface area contributed by atoms with Gasteiger partial charge >= 0.3 is 0 Å². The molecule has 0 aliphatic carbocycles. The number of nitrogens with zero attached hydrogens (tertiary/aromatic N) is 2. The van der Waals surface area contributed by atoms with Crippen LogP contribution in [0.25, 0.3) is 0 Å². The predicted octanol–water partition coefficient (Wildman–Crippen LogP) is 2.42. The van der Waals surface area contributed by atoms with E-state index in [0.717, 1.165) is 31.6 Å². The minimum absolute atomic E-state index is 0.258. The van der Waals surface area contributed by atoms with Crippen LogP contribution in [0.4, 0.5) is 5.69 Å². The van der Waals surface area contributed by atoms with Crippen molar-refractivity contribution in [3.8, 4) is 6.07 Å². The average Bonchev–Trinajstić information content (AvgIpc) is 2.39. The lowest BCUT2D eigenvalue weighted by molar-refractivity contribution is 0.203. The molecule has 0 bridgehead atoms. The Bertz CT molecular complexity index is 434. The van der Waals surface area contributed by atoms with Gasteiger partial charge in [-0.15, -0.1) is 0 Å². The first-order chi connectivity index (χ1) is 8.24. The van der Waals surface area contributed by atoms with Crippen molar-refractivity contribution in [2.24, 2.45) is 5.92 Å². The number of hydrogen-bond acceptors (Lipinski definition) is 3. The zero-order valence-corrected chi connectivity index (χ0v) is 10.3. The molecular weight excluding hydrogens is 236 g/mol. The summed E-state index contributed by atoms with van der Waals surface area (Å²) in [7, 11) is 0. The third-order valence-electron chi connectivity index (χ3n) is 3.29. The minimum atomic E-state index is 0.258. The molecule has 1 aliphatic heterocycles. The van der Waals surface area contributed by atoms with Crippen LogP contribution in [0.5, 0.6) is 0 Å². The maximum Gasteiger partial charge on any atom is 0.101 e. The second kappa shape index (κ2) is 5.39. The number of aliphatic hydroxyl groups excluding tert-OH is 1. The maximum absolute atomic E-state index is 9.10. The van der Waals surface area contributed by atoms with Gasteiger partial charge in [0.2, 0.25) is 0 Å². The van der Waals surface area contributed by atoms with Crippen LogP contribution in [0.15, 0.2) is 18.2 Å². The highest BCUT2D eigenvalue weighted by atomic mass is 35.5. The number of aliphatic hydroxyl groups is 1. The lowest BCUT2D eigenvalue weighted by Gasteiger charge is -2.33. The van der Waals surface area contributed by atoms with Crippen molar-refractivity contribution >= 4 is 17.3 Å². The fraction of sp³-hybridized carbons (Fsp3) is 0.462. The van der Waals surface area contributed by atoms with Crippen molar-refractivity contribution in [3.05, 3.63) is 28.8 Å². The van der Waals surface area contributed by atoms with Crippen LogP contribution in [0, 0.1) is 17.2 Å². The highest BCUT2D eigenvalue weighted by molar-refractivity contribution is 6.30. The standard InChI is InChI=1S/C13H15ClN2O/c14-12-2-1-11(8-15)13(7-12)16-5-3-10(9-17)4-6-16/h1-2,7,10,17H,3-6,9H2. The molecule has 0 radical (unpaired) electrons. The van der Waals surface area contributed by atoms with Crippen LogP contribution < -0.4 is 4.90 Å². The fourth-order valence-corrected chi connectivity index (χ4v) is 2.38. The van der Waals surface area contributed by atoms with Crippen LogP contribution >= 0.6 is 11.6 Å². The molecule has 1 heterocycles. The quantitative estimate of drug-likeness (QED) is 0.877. The largest absolute Gasteiger partial charge is 0.396 e. The second-order valence-corrected chi connectivity index (χ2v) is 4.82. The summed E-state index contributed by atoms with van der Waals surface area (Å²) in [4.78, 5) is 2.18. The summed E-state index contributed by atoms with van der Waals surface area (Å²) in [6.07, 6.45) is 1.93. The van der Waals surface area contributed by atoms with Crippen molar-refractivity contribution in [3.63, 3.8) is 0 Å². The summed E-state index contributed by atoms with van der Waals surface area (Å²) in [5.41, 5.74) is 1.58. The Kier molecular flexibility index (Phi) is 3.88. The van der Waals surface area contributed by atoms with E-state index in [-0.39, 0.29) is 6.61 Å². The van der Waals surface area contributed by atoms with Gasteiger partial charge in [-0.2, -0.15) is 5.26 Å². The lowest BCUT2D eigenvalue weighted by Crippen LogP contribution is -2.35. The van der Waals surface area contributed by atoms with Crippen LogP contribution in [0.1, 0.15) is 18.4 Å². The van der Waals surface area contributed by atoms with Crippen molar-refractivity contribution in [1.29, 1.82) is 5.26 Å². The number of rotatable bonds is 2.